The molecule has 4 rings (SSSR count). The van der Waals surface area contributed by atoms with Gasteiger partial charge in [0, 0.05) is 39.1 Å². The number of para-hydroxylation sites is 1. The summed E-state index contributed by atoms with van der Waals surface area (Å²) in [6.07, 6.45) is 1.82. The lowest BCUT2D eigenvalue weighted by atomic mass is 10.1. The SMILES string of the molecule is Cc1[nH]c2ccccc2c1/C=N/c1sccc1C(=O)Nc1ccc(Cl)cc1. The van der Waals surface area contributed by atoms with Crippen LogP contribution in [0.5, 0.6) is 0 Å². The first-order valence-corrected chi connectivity index (χ1v) is 9.63. The number of aliphatic imine (C=N–C) groups is 1. The summed E-state index contributed by atoms with van der Waals surface area (Å²) in [5.74, 6) is -0.193. The summed E-state index contributed by atoms with van der Waals surface area (Å²) in [5.41, 5.74) is 4.39. The number of hydrogen-bond acceptors (Lipinski definition) is 3. The molecule has 0 aliphatic carbocycles. The van der Waals surface area contributed by atoms with Crippen LogP contribution in [-0.4, -0.2) is 17.1 Å². The third-order valence-corrected chi connectivity index (χ3v) is 5.32. The Morgan fingerprint density at radius 3 is 2.74 bits per heavy atom. The zero-order valence-corrected chi connectivity index (χ0v) is 16.1. The Morgan fingerprint density at radius 2 is 1.93 bits per heavy atom. The van der Waals surface area contributed by atoms with Gasteiger partial charge >= 0.3 is 0 Å². The molecule has 2 aromatic carbocycles. The summed E-state index contributed by atoms with van der Waals surface area (Å²) in [4.78, 5) is 20.5. The van der Waals surface area contributed by atoms with Gasteiger partial charge in [-0.3, -0.25) is 4.79 Å². The summed E-state index contributed by atoms with van der Waals surface area (Å²) in [6.45, 7) is 2.02. The fourth-order valence-corrected chi connectivity index (χ4v) is 3.75. The van der Waals surface area contributed by atoms with E-state index in [1.165, 1.54) is 11.3 Å². The molecule has 0 atom stereocenters. The average Bonchev–Trinajstić information content (AvgIpc) is 3.25. The predicted octanol–water partition coefficient (Wildman–Crippen LogP) is 6.19. The van der Waals surface area contributed by atoms with Gasteiger partial charge in [-0.1, -0.05) is 29.8 Å². The summed E-state index contributed by atoms with van der Waals surface area (Å²) in [7, 11) is 0. The molecule has 2 aromatic heterocycles. The molecule has 2 N–H and O–H groups in total. The molecular weight excluding hydrogens is 378 g/mol. The molecule has 0 bridgehead atoms. The Kier molecular flexibility index (Phi) is 4.79. The van der Waals surface area contributed by atoms with Gasteiger partial charge in [0.15, 0.2) is 0 Å². The van der Waals surface area contributed by atoms with E-state index >= 15 is 0 Å². The minimum Gasteiger partial charge on any atom is -0.358 e. The van der Waals surface area contributed by atoms with Crippen molar-refractivity contribution in [2.45, 2.75) is 6.92 Å². The van der Waals surface area contributed by atoms with E-state index in [9.17, 15) is 4.79 Å². The van der Waals surface area contributed by atoms with Crippen LogP contribution in [-0.2, 0) is 0 Å². The van der Waals surface area contributed by atoms with E-state index in [1.54, 1.807) is 30.3 Å². The van der Waals surface area contributed by atoms with Crippen LogP contribution in [0.25, 0.3) is 10.9 Å². The second-order valence-electron chi connectivity index (χ2n) is 6.07. The molecule has 0 fully saturated rings. The molecule has 1 amide bonds. The van der Waals surface area contributed by atoms with Gasteiger partial charge in [-0.15, -0.1) is 11.3 Å². The largest absolute Gasteiger partial charge is 0.358 e. The van der Waals surface area contributed by atoms with Crippen LogP contribution in [0, 0.1) is 6.92 Å². The van der Waals surface area contributed by atoms with E-state index in [2.05, 4.69) is 21.4 Å². The quantitative estimate of drug-likeness (QED) is 0.399. The maximum absolute atomic E-state index is 12.6. The molecule has 6 heteroatoms. The number of benzene rings is 2. The van der Waals surface area contributed by atoms with Crippen LogP contribution < -0.4 is 5.32 Å². The van der Waals surface area contributed by atoms with Crippen molar-refractivity contribution in [3.63, 3.8) is 0 Å². The topological polar surface area (TPSA) is 57.2 Å². The summed E-state index contributed by atoms with van der Waals surface area (Å²) in [5, 5.41) is 7.16. The number of hydrogen-bond donors (Lipinski definition) is 2. The molecular formula is C21H16ClN3OS. The number of anilines is 1. The Labute approximate surface area is 165 Å². The van der Waals surface area contributed by atoms with Crippen LogP contribution in [0.15, 0.2) is 65.0 Å². The van der Waals surface area contributed by atoms with Crippen LogP contribution >= 0.6 is 22.9 Å². The van der Waals surface area contributed by atoms with Crippen molar-refractivity contribution >= 4 is 56.7 Å². The van der Waals surface area contributed by atoms with Gasteiger partial charge in [-0.25, -0.2) is 4.99 Å². The number of H-pyrrole nitrogens is 1. The van der Waals surface area contributed by atoms with Crippen molar-refractivity contribution in [3.8, 4) is 0 Å². The Balaban J connectivity index is 1.60. The number of aromatic nitrogens is 1. The van der Waals surface area contributed by atoms with Gasteiger partial charge < -0.3 is 10.3 Å². The standard InChI is InChI=1S/C21H16ClN3OS/c1-13-18(16-4-2-3-5-19(16)24-13)12-23-21-17(10-11-27-21)20(26)25-15-8-6-14(22)7-9-15/h2-12,24H,1H3,(H,25,26)/b23-12+. The number of rotatable bonds is 4. The lowest BCUT2D eigenvalue weighted by Gasteiger charge is -2.04. The number of nitrogens with one attached hydrogen (secondary N) is 2. The van der Waals surface area contributed by atoms with Gasteiger partial charge in [0.25, 0.3) is 5.91 Å². The van der Waals surface area contributed by atoms with E-state index in [-0.39, 0.29) is 5.91 Å². The number of fused-ring (bicyclic) bond motifs is 1. The van der Waals surface area contributed by atoms with Gasteiger partial charge in [0.05, 0.1) is 5.56 Å². The summed E-state index contributed by atoms with van der Waals surface area (Å²) >= 11 is 7.32. The molecule has 4 aromatic rings. The van der Waals surface area contributed by atoms with Crippen molar-refractivity contribution in [3.05, 3.63) is 81.8 Å². The number of carbonyl (C=O) groups excluding carboxylic acids is 1. The molecule has 0 saturated carbocycles. The number of thiophene rings is 1. The Hall–Kier alpha value is -2.89. The van der Waals surface area contributed by atoms with Gasteiger partial charge in [0.2, 0.25) is 0 Å². The van der Waals surface area contributed by atoms with E-state index < -0.39 is 0 Å². The molecule has 4 nitrogen and oxygen atoms in total. The van der Waals surface area contributed by atoms with Crippen LogP contribution in [0.4, 0.5) is 10.7 Å². The highest BCUT2D eigenvalue weighted by molar-refractivity contribution is 7.14. The normalized spacial score (nSPS) is 11.3. The first-order valence-electron chi connectivity index (χ1n) is 8.37. The third kappa shape index (κ3) is 3.65. The van der Waals surface area contributed by atoms with E-state index in [1.807, 2.05) is 36.7 Å². The highest BCUT2D eigenvalue weighted by Gasteiger charge is 2.13. The lowest BCUT2D eigenvalue weighted by molar-refractivity contribution is 0.102. The predicted molar refractivity (Wildman–Crippen MR) is 114 cm³/mol. The van der Waals surface area contributed by atoms with Crippen LogP contribution in [0.3, 0.4) is 0 Å². The smallest absolute Gasteiger partial charge is 0.258 e. The number of nitrogens with zero attached hydrogens (tertiary/aromatic N) is 1. The third-order valence-electron chi connectivity index (χ3n) is 4.25. The molecule has 0 radical (unpaired) electrons. The average molecular weight is 394 g/mol. The fourth-order valence-electron chi connectivity index (χ4n) is 2.89. The second kappa shape index (κ2) is 7.39. The molecule has 134 valence electrons. The Morgan fingerprint density at radius 1 is 1.15 bits per heavy atom. The number of carbonyl (C=O) groups is 1. The lowest BCUT2D eigenvalue weighted by Crippen LogP contribution is -2.10. The fraction of sp³-hybridized carbons (Fsp3) is 0.0476. The second-order valence-corrected chi connectivity index (χ2v) is 7.40. The van der Waals surface area contributed by atoms with Crippen molar-refractivity contribution in [1.29, 1.82) is 0 Å². The number of aryl methyl sites for hydroxylation is 1. The van der Waals surface area contributed by atoms with Crippen molar-refractivity contribution in [2.24, 2.45) is 4.99 Å². The Bertz CT molecular complexity index is 1140. The minimum absolute atomic E-state index is 0.193. The van der Waals surface area contributed by atoms with Crippen LogP contribution in [0.2, 0.25) is 5.02 Å². The van der Waals surface area contributed by atoms with E-state index in [0.717, 1.165) is 22.2 Å². The molecule has 0 aliphatic heterocycles. The maximum atomic E-state index is 12.6. The van der Waals surface area contributed by atoms with Gasteiger partial charge in [-0.05, 0) is 48.7 Å². The number of aromatic amines is 1. The molecule has 0 spiro atoms. The minimum atomic E-state index is -0.193. The first-order chi connectivity index (χ1) is 13.1. The zero-order chi connectivity index (χ0) is 18.8. The van der Waals surface area contributed by atoms with Crippen molar-refractivity contribution < 1.29 is 4.79 Å². The molecule has 0 unspecified atom stereocenters. The summed E-state index contributed by atoms with van der Waals surface area (Å²) in [6, 6.07) is 16.9. The maximum Gasteiger partial charge on any atom is 0.258 e. The monoisotopic (exact) mass is 393 g/mol. The van der Waals surface area contributed by atoms with Crippen LogP contribution in [0.1, 0.15) is 21.6 Å². The molecule has 27 heavy (non-hydrogen) atoms. The van der Waals surface area contributed by atoms with Gasteiger partial charge in [0.1, 0.15) is 5.00 Å². The molecule has 0 aliphatic rings. The molecule has 2 heterocycles. The number of halogens is 1. The highest BCUT2D eigenvalue weighted by atomic mass is 35.5. The van der Waals surface area contributed by atoms with E-state index in [0.29, 0.717) is 21.3 Å². The zero-order valence-electron chi connectivity index (χ0n) is 14.5. The first kappa shape index (κ1) is 17.5. The highest BCUT2D eigenvalue weighted by Crippen LogP contribution is 2.28. The number of amides is 1. The van der Waals surface area contributed by atoms with Crippen molar-refractivity contribution in [2.75, 3.05) is 5.32 Å². The summed E-state index contributed by atoms with van der Waals surface area (Å²) < 4.78 is 0. The van der Waals surface area contributed by atoms with Gasteiger partial charge in [-0.2, -0.15) is 0 Å². The van der Waals surface area contributed by atoms with E-state index in [4.69, 9.17) is 11.6 Å². The molecule has 0 saturated heterocycles. The van der Waals surface area contributed by atoms with Crippen molar-refractivity contribution in [1.82, 2.24) is 4.98 Å².